The second-order valence-electron chi connectivity index (χ2n) is 5.29. The van der Waals surface area contributed by atoms with Gasteiger partial charge < -0.3 is 10.2 Å². The van der Waals surface area contributed by atoms with Crippen molar-refractivity contribution in [1.82, 2.24) is 9.97 Å². The highest BCUT2D eigenvalue weighted by molar-refractivity contribution is 5.59. The Morgan fingerprint density at radius 3 is 2.29 bits per heavy atom. The summed E-state index contributed by atoms with van der Waals surface area (Å²) in [5.74, 6) is 1.62. The molecule has 0 saturated heterocycles. The Morgan fingerprint density at radius 2 is 1.67 bits per heavy atom. The number of benzene rings is 1. The number of hydrogen-bond donors (Lipinski definition) is 1. The molecule has 2 aromatic rings. The third kappa shape index (κ3) is 3.72. The number of nitrogens with one attached hydrogen (secondary N) is 1. The van der Waals surface area contributed by atoms with Gasteiger partial charge in [-0.15, -0.1) is 0 Å². The largest absolute Gasteiger partial charge is 0.341 e. The van der Waals surface area contributed by atoms with Crippen molar-refractivity contribution in [2.24, 2.45) is 0 Å². The molecular weight excluding hydrogens is 260 g/mol. The van der Waals surface area contributed by atoms with Crippen LogP contribution in [-0.4, -0.2) is 23.1 Å². The summed E-state index contributed by atoms with van der Waals surface area (Å²) < 4.78 is 0. The molecule has 0 fully saturated rings. The quantitative estimate of drug-likeness (QED) is 0.901. The molecular formula is C17H24N4. The lowest BCUT2D eigenvalue weighted by molar-refractivity contribution is 0.817. The molecule has 0 saturated carbocycles. The molecule has 0 aliphatic heterocycles. The van der Waals surface area contributed by atoms with Gasteiger partial charge in [0.25, 0.3) is 0 Å². The van der Waals surface area contributed by atoms with Crippen molar-refractivity contribution in [3.8, 4) is 0 Å². The minimum absolute atomic E-state index is 0.784. The zero-order chi connectivity index (χ0) is 15.4. The first-order valence-electron chi connectivity index (χ1n) is 7.48. The van der Waals surface area contributed by atoms with E-state index in [9.17, 15) is 0 Å². The normalized spacial score (nSPS) is 10.5. The first-order valence-corrected chi connectivity index (χ1v) is 7.48. The molecule has 1 aromatic heterocycles. The predicted molar refractivity (Wildman–Crippen MR) is 89.5 cm³/mol. The fourth-order valence-electron chi connectivity index (χ4n) is 2.23. The van der Waals surface area contributed by atoms with Gasteiger partial charge in [-0.05, 0) is 57.9 Å². The van der Waals surface area contributed by atoms with E-state index in [2.05, 4.69) is 66.1 Å². The topological polar surface area (TPSA) is 41.1 Å². The molecule has 2 rings (SSSR count). The Kier molecular flexibility index (Phi) is 4.78. The molecule has 4 heteroatoms. The molecule has 0 unspecified atom stereocenters. The SMILES string of the molecule is CCN(CC)c1nc(C)cc(Nc2ccc(C)c(C)c2)n1. The van der Waals surface area contributed by atoms with E-state index in [4.69, 9.17) is 0 Å². The summed E-state index contributed by atoms with van der Waals surface area (Å²) in [6.45, 7) is 12.3. The van der Waals surface area contributed by atoms with Crippen LogP contribution in [0.2, 0.25) is 0 Å². The Balaban J connectivity index is 2.29. The maximum atomic E-state index is 4.63. The molecule has 112 valence electrons. The van der Waals surface area contributed by atoms with E-state index in [1.54, 1.807) is 0 Å². The van der Waals surface area contributed by atoms with Gasteiger partial charge in [0, 0.05) is 30.5 Å². The predicted octanol–water partition coefficient (Wildman–Crippen LogP) is 3.99. The number of nitrogens with zero attached hydrogens (tertiary/aromatic N) is 3. The summed E-state index contributed by atoms with van der Waals surface area (Å²) in [4.78, 5) is 11.3. The smallest absolute Gasteiger partial charge is 0.227 e. The van der Waals surface area contributed by atoms with Crippen molar-refractivity contribution in [3.05, 3.63) is 41.1 Å². The van der Waals surface area contributed by atoms with E-state index in [1.165, 1.54) is 11.1 Å². The van der Waals surface area contributed by atoms with Crippen LogP contribution < -0.4 is 10.2 Å². The van der Waals surface area contributed by atoms with Crippen molar-refractivity contribution in [3.63, 3.8) is 0 Å². The molecule has 1 N–H and O–H groups in total. The van der Waals surface area contributed by atoms with E-state index in [-0.39, 0.29) is 0 Å². The number of aryl methyl sites for hydroxylation is 3. The minimum atomic E-state index is 0.784. The van der Waals surface area contributed by atoms with Crippen molar-refractivity contribution in [2.75, 3.05) is 23.3 Å². The lowest BCUT2D eigenvalue weighted by Crippen LogP contribution is -2.24. The van der Waals surface area contributed by atoms with E-state index in [1.807, 2.05) is 13.0 Å². The Bertz CT molecular complexity index is 618. The minimum Gasteiger partial charge on any atom is -0.341 e. The third-order valence-corrected chi connectivity index (χ3v) is 3.67. The standard InChI is InChI=1S/C17H24N4/c1-6-21(7-2)17-18-14(5)11-16(20-17)19-15-9-8-12(3)13(4)10-15/h8-11H,6-7H2,1-5H3,(H,18,19,20). The maximum Gasteiger partial charge on any atom is 0.227 e. The van der Waals surface area contributed by atoms with E-state index in [0.717, 1.165) is 36.2 Å². The lowest BCUT2D eigenvalue weighted by Gasteiger charge is -2.19. The molecule has 0 aliphatic rings. The molecule has 4 nitrogen and oxygen atoms in total. The second-order valence-corrected chi connectivity index (χ2v) is 5.29. The second kappa shape index (κ2) is 6.57. The van der Waals surface area contributed by atoms with Gasteiger partial charge in [0.1, 0.15) is 5.82 Å². The van der Waals surface area contributed by atoms with Gasteiger partial charge in [-0.25, -0.2) is 4.98 Å². The van der Waals surface area contributed by atoms with E-state index >= 15 is 0 Å². The van der Waals surface area contributed by atoms with Gasteiger partial charge in [-0.2, -0.15) is 4.98 Å². The first kappa shape index (κ1) is 15.3. The van der Waals surface area contributed by atoms with Crippen LogP contribution in [0.25, 0.3) is 0 Å². The molecule has 0 amide bonds. The Labute approximate surface area is 127 Å². The number of hydrogen-bond acceptors (Lipinski definition) is 4. The van der Waals surface area contributed by atoms with E-state index < -0.39 is 0 Å². The van der Waals surface area contributed by atoms with Crippen LogP contribution >= 0.6 is 0 Å². The van der Waals surface area contributed by atoms with Gasteiger partial charge in [0.2, 0.25) is 5.95 Å². The molecule has 1 aromatic carbocycles. The summed E-state index contributed by atoms with van der Waals surface area (Å²) in [6.07, 6.45) is 0. The van der Waals surface area contributed by atoms with Gasteiger partial charge >= 0.3 is 0 Å². The third-order valence-electron chi connectivity index (χ3n) is 3.67. The van der Waals surface area contributed by atoms with Gasteiger partial charge in [0.15, 0.2) is 0 Å². The first-order chi connectivity index (χ1) is 10.0. The Morgan fingerprint density at radius 1 is 0.952 bits per heavy atom. The molecule has 0 radical (unpaired) electrons. The van der Waals surface area contributed by atoms with Crippen LogP contribution in [0.3, 0.4) is 0 Å². The molecule has 0 aliphatic carbocycles. The van der Waals surface area contributed by atoms with Crippen LogP contribution in [0.15, 0.2) is 24.3 Å². The maximum absolute atomic E-state index is 4.63. The highest BCUT2D eigenvalue weighted by atomic mass is 15.3. The number of aromatic nitrogens is 2. The number of anilines is 3. The monoisotopic (exact) mass is 284 g/mol. The summed E-state index contributed by atoms with van der Waals surface area (Å²) in [6, 6.07) is 8.32. The molecule has 0 spiro atoms. The summed E-state index contributed by atoms with van der Waals surface area (Å²) in [7, 11) is 0. The average molecular weight is 284 g/mol. The van der Waals surface area contributed by atoms with Crippen molar-refractivity contribution in [1.29, 1.82) is 0 Å². The van der Waals surface area contributed by atoms with Gasteiger partial charge in [-0.3, -0.25) is 0 Å². The van der Waals surface area contributed by atoms with Crippen molar-refractivity contribution in [2.45, 2.75) is 34.6 Å². The number of rotatable bonds is 5. The summed E-state index contributed by atoms with van der Waals surface area (Å²) >= 11 is 0. The molecule has 0 bridgehead atoms. The van der Waals surface area contributed by atoms with E-state index in [0.29, 0.717) is 0 Å². The zero-order valence-corrected chi connectivity index (χ0v) is 13.6. The summed E-state index contributed by atoms with van der Waals surface area (Å²) in [5, 5.41) is 3.38. The zero-order valence-electron chi connectivity index (χ0n) is 13.6. The highest BCUT2D eigenvalue weighted by Crippen LogP contribution is 2.20. The van der Waals surface area contributed by atoms with Crippen LogP contribution in [0.5, 0.6) is 0 Å². The van der Waals surface area contributed by atoms with Crippen LogP contribution in [0.4, 0.5) is 17.5 Å². The Hall–Kier alpha value is -2.10. The van der Waals surface area contributed by atoms with Crippen LogP contribution in [-0.2, 0) is 0 Å². The van der Waals surface area contributed by atoms with Gasteiger partial charge in [0.05, 0.1) is 0 Å². The fourth-order valence-corrected chi connectivity index (χ4v) is 2.23. The van der Waals surface area contributed by atoms with Gasteiger partial charge in [-0.1, -0.05) is 6.07 Å². The lowest BCUT2D eigenvalue weighted by atomic mass is 10.1. The molecule has 21 heavy (non-hydrogen) atoms. The van der Waals surface area contributed by atoms with Crippen LogP contribution in [0, 0.1) is 20.8 Å². The average Bonchev–Trinajstić information content (AvgIpc) is 2.44. The van der Waals surface area contributed by atoms with Crippen molar-refractivity contribution < 1.29 is 0 Å². The molecule has 1 heterocycles. The highest BCUT2D eigenvalue weighted by Gasteiger charge is 2.08. The van der Waals surface area contributed by atoms with Crippen molar-refractivity contribution >= 4 is 17.5 Å². The fraction of sp³-hybridized carbons (Fsp3) is 0.412. The summed E-state index contributed by atoms with van der Waals surface area (Å²) in [5.41, 5.74) is 4.60. The molecule has 0 atom stereocenters. The van der Waals surface area contributed by atoms with Crippen LogP contribution in [0.1, 0.15) is 30.7 Å².